The highest BCUT2D eigenvalue weighted by molar-refractivity contribution is 5.98. The van der Waals surface area contributed by atoms with Crippen LogP contribution in [0.1, 0.15) is 25.0 Å². The molecule has 0 spiro atoms. The molecule has 0 saturated carbocycles. The maximum Gasteiger partial charge on any atom is 0.261 e. The number of aliphatic hydroxyl groups excluding tert-OH is 2. The van der Waals surface area contributed by atoms with E-state index in [1.54, 1.807) is 0 Å². The first-order valence-corrected chi connectivity index (χ1v) is 25.3. The molecule has 2 unspecified atom stereocenters. The van der Waals surface area contributed by atoms with Gasteiger partial charge in [0.25, 0.3) is 44.5 Å². The first-order chi connectivity index (χ1) is 35.9. The molecule has 2 aliphatic heterocycles. The van der Waals surface area contributed by atoms with Crippen LogP contribution in [0.2, 0.25) is 0 Å². The van der Waals surface area contributed by atoms with Crippen molar-refractivity contribution in [3.05, 3.63) is 167 Å². The van der Waals surface area contributed by atoms with Crippen LogP contribution in [0, 0.1) is 0 Å². The average Bonchev–Trinajstić information content (AvgIpc) is 4.01. The first-order valence-electron chi connectivity index (χ1n) is 25.3. The largest absolute Gasteiger partial charge is 0.491 e. The summed E-state index contributed by atoms with van der Waals surface area (Å²) in [7, 11) is 2.74. The SMILES string of the molecule is Cn1c(=O)c2cc3c(=O)n(CCN4CCN(CC(O)COc5ccc(C(C)(C)c6ccc(OCC(O)CN7CCN(CCn8c(=O)c9cc%10c(=O)n(C)c(=O)c%10cc9c8=O)CC7)cc6)cc5)CC4)c(=O)c3cc2c1=O. The fraction of sp³-hybridized carbons (Fsp3) is 0.418. The van der Waals surface area contributed by atoms with Gasteiger partial charge >= 0.3 is 0 Å². The van der Waals surface area contributed by atoms with Crippen LogP contribution in [0.5, 0.6) is 11.5 Å². The fourth-order valence-electron chi connectivity index (χ4n) is 10.8. The Labute approximate surface area is 428 Å². The summed E-state index contributed by atoms with van der Waals surface area (Å²) in [5, 5.41) is 22.9. The van der Waals surface area contributed by atoms with Gasteiger partial charge in [-0.3, -0.25) is 76.2 Å². The van der Waals surface area contributed by atoms with Crippen LogP contribution in [0.3, 0.4) is 0 Å². The lowest BCUT2D eigenvalue weighted by Crippen LogP contribution is -2.50. The number of rotatable bonds is 18. The lowest BCUT2D eigenvalue weighted by Gasteiger charge is -2.35. The highest BCUT2D eigenvalue weighted by atomic mass is 16.5. The minimum Gasteiger partial charge on any atom is -0.491 e. The van der Waals surface area contributed by atoms with Crippen LogP contribution in [0.4, 0.5) is 0 Å². The monoisotopic (exact) mass is 1020 g/mol. The summed E-state index contributed by atoms with van der Waals surface area (Å²) in [5.41, 5.74) is -2.04. The number of ether oxygens (including phenoxy) is 2. The van der Waals surface area contributed by atoms with E-state index in [1.807, 2.05) is 48.5 Å². The van der Waals surface area contributed by atoms with Gasteiger partial charge in [-0.2, -0.15) is 0 Å². The van der Waals surface area contributed by atoms with E-state index in [0.29, 0.717) is 90.0 Å². The lowest BCUT2D eigenvalue weighted by atomic mass is 9.78. The van der Waals surface area contributed by atoms with Crippen LogP contribution in [0.15, 0.2) is 111 Å². The van der Waals surface area contributed by atoms with E-state index in [9.17, 15) is 48.6 Å². The Balaban J connectivity index is 0.625. The van der Waals surface area contributed by atoms with Gasteiger partial charge in [0.15, 0.2) is 0 Å². The summed E-state index contributed by atoms with van der Waals surface area (Å²) in [4.78, 5) is 111. The minimum atomic E-state index is -0.720. The topological polar surface area (TPSA) is 228 Å². The summed E-state index contributed by atoms with van der Waals surface area (Å²) in [5.74, 6) is 1.28. The van der Waals surface area contributed by atoms with E-state index in [-0.39, 0.29) is 74.8 Å². The van der Waals surface area contributed by atoms with E-state index < -0.39 is 56.7 Å². The zero-order valence-electron chi connectivity index (χ0n) is 42.5. The second-order valence-electron chi connectivity index (χ2n) is 20.6. The van der Waals surface area contributed by atoms with Gasteiger partial charge in [-0.05, 0) is 59.7 Å². The van der Waals surface area contributed by atoms with Crippen molar-refractivity contribution in [2.45, 2.75) is 44.6 Å². The molecule has 6 heterocycles. The van der Waals surface area contributed by atoms with E-state index in [0.717, 1.165) is 20.3 Å². The molecular formula is C55H60N8O12. The van der Waals surface area contributed by atoms with Crippen LogP contribution in [-0.4, -0.2) is 152 Å². The average molecular weight is 1030 g/mol. The van der Waals surface area contributed by atoms with Crippen molar-refractivity contribution in [1.82, 2.24) is 37.9 Å². The number of hydrogen-bond donors (Lipinski definition) is 2. The van der Waals surface area contributed by atoms with Gasteiger partial charge in [0.1, 0.15) is 36.9 Å². The van der Waals surface area contributed by atoms with Crippen molar-refractivity contribution in [3.8, 4) is 11.5 Å². The van der Waals surface area contributed by atoms with Gasteiger partial charge in [0.2, 0.25) is 0 Å². The number of β-amino-alcohol motifs (C(OH)–C–C–N with tert-alkyl or cyclic N) is 2. The number of nitrogens with zero attached hydrogens (tertiary/aromatic N) is 8. The van der Waals surface area contributed by atoms with Crippen molar-refractivity contribution in [2.24, 2.45) is 14.1 Å². The minimum absolute atomic E-state index is 0.120. The predicted octanol–water partition coefficient (Wildman–Crippen LogP) is -0.347. The molecule has 4 aromatic carbocycles. The smallest absolute Gasteiger partial charge is 0.261 e. The number of aliphatic hydroxyl groups is 2. The standard InChI is InChI=1S/C55H60N8O12/c1-55(2,33-5-9-37(10-6-33)74-31-35(64)29-60-17-13-58(14-18-60)21-23-62-51(70)43-25-39-40(26-44(43)52(62)71)48(67)56(3)47(39)66)34-7-11-38(12-8-34)75-32-36(65)30-61-19-15-59(16-20-61)22-24-63-53(72)45-27-41-42(28-46(45)54(63)73)50(69)57(4)49(41)68/h5-12,25-28,35-36,64-65H,13-24,29-32H2,1-4H3. The molecule has 2 N–H and O–H groups in total. The molecule has 0 aliphatic carbocycles. The summed E-state index contributed by atoms with van der Waals surface area (Å²) >= 11 is 0. The zero-order valence-corrected chi connectivity index (χ0v) is 42.5. The van der Waals surface area contributed by atoms with Gasteiger partial charge in [-0.25, -0.2) is 0 Å². The molecule has 75 heavy (non-hydrogen) atoms. The Morgan fingerprint density at radius 1 is 0.413 bits per heavy atom. The third-order valence-electron chi connectivity index (χ3n) is 15.5. The molecule has 0 bridgehead atoms. The quantitative estimate of drug-likeness (QED) is 0.112. The molecule has 2 atom stereocenters. The molecule has 10 rings (SSSR count). The molecule has 4 aromatic heterocycles. The van der Waals surface area contributed by atoms with Crippen molar-refractivity contribution < 1.29 is 19.7 Å². The van der Waals surface area contributed by atoms with Crippen molar-refractivity contribution in [1.29, 1.82) is 0 Å². The zero-order chi connectivity index (χ0) is 53.0. The van der Waals surface area contributed by atoms with E-state index >= 15 is 0 Å². The summed E-state index contributed by atoms with van der Waals surface area (Å²) in [6.45, 7) is 12.2. The Hall–Kier alpha value is -7.20. The second-order valence-corrected chi connectivity index (χ2v) is 20.6. The molecule has 2 aliphatic rings. The summed E-state index contributed by atoms with van der Waals surface area (Å²) < 4.78 is 16.3. The van der Waals surface area contributed by atoms with Gasteiger partial charge < -0.3 is 19.7 Å². The molecule has 20 nitrogen and oxygen atoms in total. The summed E-state index contributed by atoms with van der Waals surface area (Å²) in [6, 6.07) is 21.1. The molecule has 2 saturated heterocycles. The Kier molecular flexibility index (Phi) is 14.0. The van der Waals surface area contributed by atoms with Crippen LogP contribution in [-0.2, 0) is 32.6 Å². The predicted molar refractivity (Wildman–Crippen MR) is 286 cm³/mol. The van der Waals surface area contributed by atoms with Crippen LogP contribution >= 0.6 is 0 Å². The van der Waals surface area contributed by atoms with Gasteiger partial charge in [-0.15, -0.1) is 0 Å². The lowest BCUT2D eigenvalue weighted by molar-refractivity contribution is 0.0453. The Morgan fingerprint density at radius 3 is 0.973 bits per heavy atom. The molecule has 20 heteroatoms. The third kappa shape index (κ3) is 9.84. The molecule has 0 amide bonds. The highest BCUT2D eigenvalue weighted by Gasteiger charge is 2.26. The number of fused-ring (bicyclic) bond motifs is 4. The number of aromatic nitrogens is 4. The number of hydrogen-bond acceptors (Lipinski definition) is 16. The molecule has 2 fully saturated rings. The van der Waals surface area contributed by atoms with Crippen LogP contribution in [0.25, 0.3) is 43.1 Å². The Bertz CT molecular complexity index is 3470. The van der Waals surface area contributed by atoms with Crippen molar-refractivity contribution in [2.75, 3.05) is 91.8 Å². The molecular weight excluding hydrogens is 965 g/mol. The maximum absolute atomic E-state index is 13.2. The van der Waals surface area contributed by atoms with Crippen molar-refractivity contribution in [3.63, 3.8) is 0 Å². The summed E-state index contributed by atoms with van der Waals surface area (Å²) in [6.07, 6.45) is -1.44. The third-order valence-corrected chi connectivity index (χ3v) is 15.5. The van der Waals surface area contributed by atoms with Gasteiger partial charge in [0.05, 0.1) is 43.1 Å². The van der Waals surface area contributed by atoms with E-state index in [4.69, 9.17) is 9.47 Å². The van der Waals surface area contributed by atoms with Crippen molar-refractivity contribution >= 4 is 43.1 Å². The normalized spacial score (nSPS) is 16.5. The Morgan fingerprint density at radius 2 is 0.680 bits per heavy atom. The first kappa shape index (κ1) is 51.3. The number of piperazine rings is 2. The van der Waals surface area contributed by atoms with E-state index in [2.05, 4.69) is 33.4 Å². The van der Waals surface area contributed by atoms with Gasteiger partial charge in [-0.1, -0.05) is 38.1 Å². The molecule has 0 radical (unpaired) electrons. The highest BCUT2D eigenvalue weighted by Crippen LogP contribution is 2.33. The fourth-order valence-corrected chi connectivity index (χ4v) is 10.8. The number of benzene rings is 4. The molecule has 8 aromatic rings. The second kappa shape index (κ2) is 20.5. The van der Waals surface area contributed by atoms with Gasteiger partial charge in [0, 0.05) is 111 Å². The van der Waals surface area contributed by atoms with E-state index in [1.165, 1.54) is 47.5 Å². The molecule has 392 valence electrons. The van der Waals surface area contributed by atoms with Crippen LogP contribution < -0.4 is 53.9 Å². The maximum atomic E-state index is 13.2.